The number of alkyl halides is 1. The number of hydrogen-bond donors (Lipinski definition) is 2. The van der Waals surface area contributed by atoms with Gasteiger partial charge in [-0.25, -0.2) is 5.01 Å². The number of hydrazine groups is 1. The molecule has 4 aliphatic carbocycles. The molecule has 1 heterocycles. The van der Waals surface area contributed by atoms with Crippen LogP contribution in [0.15, 0.2) is 30.3 Å². The summed E-state index contributed by atoms with van der Waals surface area (Å²) in [5, 5.41) is 11.1. The van der Waals surface area contributed by atoms with E-state index in [-0.39, 0.29) is 24.0 Å². The lowest BCUT2D eigenvalue weighted by atomic mass is 9.44. The molecule has 2 N–H and O–H groups in total. The normalized spacial score (nSPS) is 44.0. The first-order chi connectivity index (χ1) is 18.6. The average molecular weight is 555 g/mol. The summed E-state index contributed by atoms with van der Waals surface area (Å²) < 4.78 is 0. The van der Waals surface area contributed by atoms with Crippen molar-refractivity contribution >= 4 is 23.4 Å². The molecule has 1 aromatic carbocycles. The van der Waals surface area contributed by atoms with Crippen molar-refractivity contribution in [3.05, 3.63) is 35.9 Å². The van der Waals surface area contributed by atoms with E-state index in [4.69, 9.17) is 11.6 Å². The first kappa shape index (κ1) is 27.6. The molecule has 1 aromatic rings. The molecule has 6 heteroatoms. The number of nitrogens with zero attached hydrogens (tertiary/aromatic N) is 1. The maximum atomic E-state index is 13.0. The monoisotopic (exact) mass is 554 g/mol. The van der Waals surface area contributed by atoms with Crippen molar-refractivity contribution in [3.8, 4) is 0 Å². The molecule has 0 aromatic heterocycles. The molecular formula is C33H47ClN2O3. The zero-order chi connectivity index (χ0) is 27.5. The minimum atomic E-state index is -0.631. The van der Waals surface area contributed by atoms with Crippen LogP contribution in [0.5, 0.6) is 0 Å². The van der Waals surface area contributed by atoms with E-state index in [0.29, 0.717) is 35.0 Å². The van der Waals surface area contributed by atoms with Gasteiger partial charge in [0.05, 0.1) is 6.10 Å². The minimum absolute atomic E-state index is 0.0813. The second-order valence-electron chi connectivity index (χ2n) is 14.3. The largest absolute Gasteiger partial charge is 0.393 e. The van der Waals surface area contributed by atoms with Crippen LogP contribution in [0.25, 0.3) is 0 Å². The summed E-state index contributed by atoms with van der Waals surface area (Å²) in [6, 6.07) is 9.38. The predicted octanol–water partition coefficient (Wildman–Crippen LogP) is 6.64. The standard InChI is InChI=1S/C33H47ClN2O3/c1-20(9-14-28(38)35-36-30(29(34)31(36)39)21-7-5-4-6-8-21)25-12-13-26-24-11-10-22-19-23(37)15-17-32(22,2)27(24)16-18-33(25,26)3/h4-8,20,22-27,29-30,37H,9-19H2,1-3H3,(H,35,38)/t20-,22-,23-,24+,25-,26+,27+,29-,30-,32+,33-/m1/s1. The summed E-state index contributed by atoms with van der Waals surface area (Å²) in [7, 11) is 0. The fourth-order valence-electron chi connectivity index (χ4n) is 10.5. The van der Waals surface area contributed by atoms with E-state index >= 15 is 0 Å². The van der Waals surface area contributed by atoms with Crippen molar-refractivity contribution < 1.29 is 14.7 Å². The molecule has 214 valence electrons. The van der Waals surface area contributed by atoms with Gasteiger partial charge in [0.2, 0.25) is 5.91 Å². The molecule has 5 nitrogen and oxygen atoms in total. The number of nitrogens with one attached hydrogen (secondary N) is 1. The Morgan fingerprint density at radius 2 is 1.77 bits per heavy atom. The highest BCUT2D eigenvalue weighted by Gasteiger charge is 2.60. The highest BCUT2D eigenvalue weighted by atomic mass is 35.5. The number of carbonyl (C=O) groups is 2. The minimum Gasteiger partial charge on any atom is -0.393 e. The van der Waals surface area contributed by atoms with E-state index in [1.165, 1.54) is 50.0 Å². The van der Waals surface area contributed by atoms with Gasteiger partial charge in [0.1, 0.15) is 11.4 Å². The summed E-state index contributed by atoms with van der Waals surface area (Å²) in [5.41, 5.74) is 4.60. The maximum Gasteiger partial charge on any atom is 0.262 e. The zero-order valence-corrected chi connectivity index (χ0v) is 24.7. The quantitative estimate of drug-likeness (QED) is 0.306. The van der Waals surface area contributed by atoms with Gasteiger partial charge in [0.15, 0.2) is 0 Å². The lowest BCUT2D eigenvalue weighted by Gasteiger charge is -2.61. The van der Waals surface area contributed by atoms with E-state index in [1.54, 1.807) is 0 Å². The predicted molar refractivity (Wildman–Crippen MR) is 153 cm³/mol. The van der Waals surface area contributed by atoms with Crippen molar-refractivity contribution in [2.45, 2.75) is 109 Å². The average Bonchev–Trinajstić information content (AvgIpc) is 3.29. The number of β-lactam (4-membered cyclic amide) rings is 1. The Labute approximate surface area is 239 Å². The Hall–Kier alpha value is -1.59. The molecule has 1 aliphatic heterocycles. The van der Waals surface area contributed by atoms with Crippen molar-refractivity contribution in [2.24, 2.45) is 46.3 Å². The molecule has 5 fully saturated rings. The molecule has 0 bridgehead atoms. The van der Waals surface area contributed by atoms with Crippen LogP contribution in [0.2, 0.25) is 0 Å². The van der Waals surface area contributed by atoms with Crippen molar-refractivity contribution in [2.75, 3.05) is 0 Å². The number of carbonyl (C=O) groups excluding carboxylic acids is 2. The van der Waals surface area contributed by atoms with Gasteiger partial charge in [-0.1, -0.05) is 51.1 Å². The van der Waals surface area contributed by atoms with E-state index < -0.39 is 5.38 Å². The smallest absolute Gasteiger partial charge is 0.262 e. The number of aliphatic hydroxyl groups is 1. The number of hydrogen-bond acceptors (Lipinski definition) is 3. The lowest BCUT2D eigenvalue weighted by molar-refractivity contribution is -0.156. The highest BCUT2D eigenvalue weighted by Crippen LogP contribution is 2.68. The number of rotatable bonds is 6. The Kier molecular flexibility index (Phi) is 7.32. The van der Waals surface area contributed by atoms with Crippen LogP contribution in [0, 0.1) is 46.3 Å². The molecule has 0 spiro atoms. The molecule has 5 aliphatic rings. The third-order valence-corrected chi connectivity index (χ3v) is 13.1. The number of halogens is 1. The van der Waals surface area contributed by atoms with Gasteiger partial charge in [-0.3, -0.25) is 15.0 Å². The third-order valence-electron chi connectivity index (χ3n) is 12.6. The molecule has 6 rings (SSSR count). The fourth-order valence-corrected chi connectivity index (χ4v) is 10.9. The molecule has 2 amide bonds. The maximum absolute atomic E-state index is 13.0. The van der Waals surface area contributed by atoms with Gasteiger partial charge in [0.25, 0.3) is 5.91 Å². The van der Waals surface area contributed by atoms with Crippen LogP contribution in [-0.4, -0.2) is 33.4 Å². The topological polar surface area (TPSA) is 69.6 Å². The fraction of sp³-hybridized carbons (Fsp3) is 0.758. The Morgan fingerprint density at radius 3 is 2.54 bits per heavy atom. The van der Waals surface area contributed by atoms with Gasteiger partial charge in [0, 0.05) is 6.42 Å². The van der Waals surface area contributed by atoms with Crippen LogP contribution < -0.4 is 5.43 Å². The zero-order valence-electron chi connectivity index (χ0n) is 23.9. The van der Waals surface area contributed by atoms with Gasteiger partial charge in [-0.15, -0.1) is 11.6 Å². The summed E-state index contributed by atoms with van der Waals surface area (Å²) in [6.45, 7) is 7.49. The van der Waals surface area contributed by atoms with E-state index in [0.717, 1.165) is 42.6 Å². The summed E-state index contributed by atoms with van der Waals surface area (Å²) in [5.74, 6) is 3.97. The molecule has 39 heavy (non-hydrogen) atoms. The SMILES string of the molecule is C[C@H](CCC(=O)NN1C(=O)[C@H](Cl)[C@H]1c1ccccc1)[C@H]1CC[C@H]2[C@@H]3CC[C@@H]4C[C@H](O)CC[C@]4(C)[C@H]3CC[C@]12C. The Bertz CT molecular complexity index is 1080. The van der Waals surface area contributed by atoms with E-state index in [2.05, 4.69) is 26.2 Å². The van der Waals surface area contributed by atoms with Gasteiger partial charge in [-0.05, 0) is 116 Å². The summed E-state index contributed by atoms with van der Waals surface area (Å²) >= 11 is 6.32. The van der Waals surface area contributed by atoms with Gasteiger partial charge < -0.3 is 5.11 Å². The van der Waals surface area contributed by atoms with E-state index in [1.807, 2.05) is 30.3 Å². The number of benzene rings is 1. The third kappa shape index (κ3) is 4.54. The van der Waals surface area contributed by atoms with E-state index in [9.17, 15) is 14.7 Å². The second-order valence-corrected chi connectivity index (χ2v) is 14.8. The Balaban J connectivity index is 1.06. The van der Waals surface area contributed by atoms with Crippen molar-refractivity contribution in [1.29, 1.82) is 0 Å². The first-order valence-corrected chi connectivity index (χ1v) is 16.1. The van der Waals surface area contributed by atoms with Crippen molar-refractivity contribution in [1.82, 2.24) is 10.4 Å². The molecule has 0 unspecified atom stereocenters. The number of amides is 2. The van der Waals surface area contributed by atoms with Crippen LogP contribution in [0.3, 0.4) is 0 Å². The lowest BCUT2D eigenvalue weighted by Crippen LogP contribution is -2.63. The van der Waals surface area contributed by atoms with Crippen LogP contribution >= 0.6 is 11.6 Å². The number of aliphatic hydroxyl groups excluding tert-OH is 1. The van der Waals surface area contributed by atoms with Crippen molar-refractivity contribution in [3.63, 3.8) is 0 Å². The van der Waals surface area contributed by atoms with Gasteiger partial charge >= 0.3 is 0 Å². The van der Waals surface area contributed by atoms with Crippen LogP contribution in [0.1, 0.15) is 103 Å². The molecular weight excluding hydrogens is 508 g/mol. The Morgan fingerprint density at radius 1 is 1.05 bits per heavy atom. The molecule has 11 atom stereocenters. The van der Waals surface area contributed by atoms with Crippen LogP contribution in [-0.2, 0) is 9.59 Å². The van der Waals surface area contributed by atoms with Gasteiger partial charge in [-0.2, -0.15) is 0 Å². The second kappa shape index (κ2) is 10.4. The van der Waals surface area contributed by atoms with Crippen LogP contribution in [0.4, 0.5) is 0 Å². The summed E-state index contributed by atoms with van der Waals surface area (Å²) in [4.78, 5) is 25.4. The molecule has 1 saturated heterocycles. The number of fused-ring (bicyclic) bond motifs is 5. The first-order valence-electron chi connectivity index (χ1n) is 15.6. The molecule has 4 saturated carbocycles. The summed E-state index contributed by atoms with van der Waals surface area (Å²) in [6.07, 6.45) is 12.3. The molecule has 0 radical (unpaired) electrons. The highest BCUT2D eigenvalue weighted by molar-refractivity contribution is 6.33.